The normalized spacial score (nSPS) is 12.9. The minimum Gasteiger partial charge on any atom is -0.488 e. The molecule has 2 N–H and O–H groups in total. The van der Waals surface area contributed by atoms with Gasteiger partial charge in [0.15, 0.2) is 23.1 Å². The van der Waals surface area contributed by atoms with Crippen LogP contribution in [0.1, 0.15) is 41.6 Å². The Labute approximate surface area is 257 Å². The third-order valence-electron chi connectivity index (χ3n) is 6.72. The second kappa shape index (κ2) is 15.1. The number of nitrogens with one attached hydrogen (secondary N) is 2. The summed E-state index contributed by atoms with van der Waals surface area (Å²) in [6.45, 7) is 8.74. The number of ether oxygens (including phenoxy) is 3. The maximum atomic E-state index is 12.9. The summed E-state index contributed by atoms with van der Waals surface area (Å²) in [7, 11) is 3.62. The van der Waals surface area contributed by atoms with Crippen molar-refractivity contribution < 1.29 is 28.6 Å². The SMILES string of the molecule is CCOC(=O)c1nc(-c2ccc(NC(=O)Nc3ccc(C(=O)N(CC)N(C)C)cc3)cc2)nc(N2CCOCC2)c1OCC. The summed E-state index contributed by atoms with van der Waals surface area (Å²) in [5.41, 5.74) is 2.28. The van der Waals surface area contributed by atoms with Crippen LogP contribution in [0.4, 0.5) is 22.0 Å². The number of rotatable bonds is 11. The molecule has 0 aliphatic carbocycles. The topological polar surface area (TPSA) is 138 Å². The van der Waals surface area contributed by atoms with Crippen molar-refractivity contribution in [1.29, 1.82) is 0 Å². The number of benzene rings is 2. The van der Waals surface area contributed by atoms with Gasteiger partial charge in [0.2, 0.25) is 0 Å². The van der Waals surface area contributed by atoms with Crippen LogP contribution in [0, 0.1) is 0 Å². The molecule has 3 aromatic rings. The van der Waals surface area contributed by atoms with Crippen LogP contribution >= 0.6 is 0 Å². The van der Waals surface area contributed by atoms with E-state index in [0.717, 1.165) is 0 Å². The highest BCUT2D eigenvalue weighted by Gasteiger charge is 2.27. The number of urea groups is 1. The number of aromatic nitrogens is 2. The third kappa shape index (κ3) is 7.79. The predicted octanol–water partition coefficient (Wildman–Crippen LogP) is 4.14. The van der Waals surface area contributed by atoms with Crippen molar-refractivity contribution in [2.45, 2.75) is 20.8 Å². The molecule has 4 rings (SSSR count). The fourth-order valence-corrected chi connectivity index (χ4v) is 4.62. The average molecular weight is 606 g/mol. The Morgan fingerprint density at radius 1 is 0.886 bits per heavy atom. The van der Waals surface area contributed by atoms with Gasteiger partial charge in [0, 0.05) is 56.2 Å². The molecule has 44 heavy (non-hydrogen) atoms. The van der Waals surface area contributed by atoms with Crippen LogP contribution in [-0.4, -0.2) is 98.1 Å². The number of hydrogen-bond donors (Lipinski definition) is 2. The zero-order valence-corrected chi connectivity index (χ0v) is 25.8. The van der Waals surface area contributed by atoms with Crippen molar-refractivity contribution in [3.05, 3.63) is 59.8 Å². The smallest absolute Gasteiger partial charge is 0.361 e. The van der Waals surface area contributed by atoms with Gasteiger partial charge in [-0.25, -0.2) is 24.6 Å². The number of amides is 3. The van der Waals surface area contributed by atoms with E-state index in [1.54, 1.807) is 65.5 Å². The summed E-state index contributed by atoms with van der Waals surface area (Å²) in [5.74, 6) is 0.379. The van der Waals surface area contributed by atoms with Crippen LogP contribution in [0.25, 0.3) is 11.4 Å². The van der Waals surface area contributed by atoms with Gasteiger partial charge < -0.3 is 29.7 Å². The molecule has 1 aromatic heterocycles. The lowest BCUT2D eigenvalue weighted by molar-refractivity contribution is 0.0230. The summed E-state index contributed by atoms with van der Waals surface area (Å²) in [6.07, 6.45) is 0. The lowest BCUT2D eigenvalue weighted by Gasteiger charge is -2.29. The van der Waals surface area contributed by atoms with E-state index < -0.39 is 12.0 Å². The molecule has 1 saturated heterocycles. The molecule has 0 radical (unpaired) electrons. The average Bonchev–Trinajstić information content (AvgIpc) is 3.02. The zero-order chi connectivity index (χ0) is 31.6. The van der Waals surface area contributed by atoms with Gasteiger partial charge in [-0.05, 0) is 69.3 Å². The second-order valence-corrected chi connectivity index (χ2v) is 9.90. The molecule has 0 atom stereocenters. The number of carbonyl (C=O) groups is 3. The fraction of sp³-hybridized carbons (Fsp3) is 0.387. The maximum Gasteiger partial charge on any atom is 0.361 e. The molecule has 13 nitrogen and oxygen atoms in total. The number of nitrogens with zero attached hydrogens (tertiary/aromatic N) is 5. The van der Waals surface area contributed by atoms with E-state index in [0.29, 0.717) is 73.6 Å². The lowest BCUT2D eigenvalue weighted by atomic mass is 10.1. The van der Waals surface area contributed by atoms with Crippen LogP contribution in [0.3, 0.4) is 0 Å². The van der Waals surface area contributed by atoms with Crippen molar-refractivity contribution in [1.82, 2.24) is 20.0 Å². The first kappa shape index (κ1) is 32.2. The molecule has 3 amide bonds. The van der Waals surface area contributed by atoms with E-state index >= 15 is 0 Å². The van der Waals surface area contributed by atoms with E-state index in [4.69, 9.17) is 19.2 Å². The number of hydrogen-bond acceptors (Lipinski definition) is 10. The fourth-order valence-electron chi connectivity index (χ4n) is 4.62. The molecule has 2 aromatic carbocycles. The van der Waals surface area contributed by atoms with Gasteiger partial charge in [-0.3, -0.25) is 9.80 Å². The Balaban J connectivity index is 1.50. The molecule has 1 aliphatic heterocycles. The summed E-state index contributed by atoms with van der Waals surface area (Å²) in [4.78, 5) is 49.6. The first-order valence-corrected chi connectivity index (χ1v) is 14.6. The minimum absolute atomic E-state index is 0.0543. The molecule has 13 heteroatoms. The van der Waals surface area contributed by atoms with E-state index in [1.165, 1.54) is 0 Å². The number of morpholine rings is 1. The molecular formula is C31H39N7O6. The molecule has 0 bridgehead atoms. The van der Waals surface area contributed by atoms with Crippen LogP contribution in [0.2, 0.25) is 0 Å². The molecule has 0 spiro atoms. The molecular weight excluding hydrogens is 566 g/mol. The highest BCUT2D eigenvalue weighted by Crippen LogP contribution is 2.33. The van der Waals surface area contributed by atoms with Crippen LogP contribution < -0.4 is 20.3 Å². The van der Waals surface area contributed by atoms with Crippen molar-refractivity contribution in [2.24, 2.45) is 0 Å². The van der Waals surface area contributed by atoms with Crippen LogP contribution in [0.5, 0.6) is 5.75 Å². The molecule has 2 heterocycles. The number of anilines is 3. The quantitative estimate of drug-likeness (QED) is 0.242. The molecule has 234 valence electrons. The molecule has 0 unspecified atom stereocenters. The Kier molecular flexibility index (Phi) is 11.1. The first-order chi connectivity index (χ1) is 21.2. The van der Waals surface area contributed by atoms with Gasteiger partial charge in [0.1, 0.15) is 0 Å². The van der Waals surface area contributed by atoms with E-state index in [-0.39, 0.29) is 24.0 Å². The van der Waals surface area contributed by atoms with Gasteiger partial charge >= 0.3 is 12.0 Å². The number of esters is 1. The van der Waals surface area contributed by atoms with Crippen molar-refractivity contribution in [3.63, 3.8) is 0 Å². The van der Waals surface area contributed by atoms with E-state index in [1.807, 2.05) is 32.8 Å². The van der Waals surface area contributed by atoms with Crippen LogP contribution in [0.15, 0.2) is 48.5 Å². The lowest BCUT2D eigenvalue weighted by Crippen LogP contribution is -2.41. The standard InChI is InChI=1S/C31H39N7O6/c1-6-38(36(4)5)29(39)22-11-15-24(16-12-22)33-31(41)32-23-13-9-21(10-14-23)27-34-25(30(40)44-8-3)26(43-7-2)28(35-27)37-17-19-42-20-18-37/h9-16H,6-8,17-20H2,1-5H3,(H2,32,33,41). The summed E-state index contributed by atoms with van der Waals surface area (Å²) in [6, 6.07) is 13.2. The van der Waals surface area contributed by atoms with Gasteiger partial charge in [0.05, 0.1) is 26.4 Å². The largest absolute Gasteiger partial charge is 0.488 e. The molecule has 1 aliphatic rings. The minimum atomic E-state index is -0.596. The Hall–Kier alpha value is -4.75. The summed E-state index contributed by atoms with van der Waals surface area (Å²) >= 11 is 0. The summed E-state index contributed by atoms with van der Waals surface area (Å²) < 4.78 is 16.6. The van der Waals surface area contributed by atoms with Crippen molar-refractivity contribution in [2.75, 3.05) is 75.7 Å². The Morgan fingerprint density at radius 2 is 1.50 bits per heavy atom. The van der Waals surface area contributed by atoms with Gasteiger partial charge in [-0.1, -0.05) is 0 Å². The third-order valence-corrected chi connectivity index (χ3v) is 6.72. The number of hydrazine groups is 1. The Morgan fingerprint density at radius 3 is 2.05 bits per heavy atom. The van der Waals surface area contributed by atoms with E-state index in [9.17, 15) is 14.4 Å². The Bertz CT molecular complexity index is 1440. The zero-order valence-electron chi connectivity index (χ0n) is 25.8. The monoisotopic (exact) mass is 605 g/mol. The van der Waals surface area contributed by atoms with Gasteiger partial charge in [-0.15, -0.1) is 0 Å². The van der Waals surface area contributed by atoms with Gasteiger partial charge in [-0.2, -0.15) is 0 Å². The van der Waals surface area contributed by atoms with Crippen LogP contribution in [-0.2, 0) is 9.47 Å². The highest BCUT2D eigenvalue weighted by molar-refractivity contribution is 6.00. The van der Waals surface area contributed by atoms with Gasteiger partial charge in [0.25, 0.3) is 5.91 Å². The maximum absolute atomic E-state index is 12.9. The number of carbonyl (C=O) groups excluding carboxylic acids is 3. The van der Waals surface area contributed by atoms with E-state index in [2.05, 4.69) is 15.6 Å². The highest BCUT2D eigenvalue weighted by atomic mass is 16.5. The van der Waals surface area contributed by atoms with Crippen molar-refractivity contribution >= 4 is 35.1 Å². The predicted molar refractivity (Wildman–Crippen MR) is 167 cm³/mol. The van der Waals surface area contributed by atoms with Crippen molar-refractivity contribution in [3.8, 4) is 17.1 Å². The summed E-state index contributed by atoms with van der Waals surface area (Å²) in [5, 5.41) is 8.91. The second-order valence-electron chi connectivity index (χ2n) is 9.90. The first-order valence-electron chi connectivity index (χ1n) is 14.6. The molecule has 1 fully saturated rings. The molecule has 0 saturated carbocycles.